The van der Waals surface area contributed by atoms with E-state index < -0.39 is 0 Å². The maximum absolute atomic E-state index is 6.03. The second-order valence-electron chi connectivity index (χ2n) is 5.33. The van der Waals surface area contributed by atoms with Gasteiger partial charge >= 0.3 is 0 Å². The first kappa shape index (κ1) is 11.7. The van der Waals surface area contributed by atoms with Gasteiger partial charge in [0.1, 0.15) is 0 Å². The van der Waals surface area contributed by atoms with Gasteiger partial charge in [0.2, 0.25) is 0 Å². The third-order valence-electron chi connectivity index (χ3n) is 4.32. The van der Waals surface area contributed by atoms with E-state index >= 15 is 0 Å². The Morgan fingerprint density at radius 1 is 1.38 bits per heavy atom. The van der Waals surface area contributed by atoms with Gasteiger partial charge in [0, 0.05) is 6.04 Å². The fraction of sp³-hybridized carbons (Fsp3) is 0.923. The predicted molar refractivity (Wildman–Crippen MR) is 68.4 cm³/mol. The van der Waals surface area contributed by atoms with E-state index in [1.807, 2.05) is 0 Å². The Morgan fingerprint density at radius 2 is 2.06 bits per heavy atom. The number of rotatable bonds is 3. The zero-order valence-electron chi connectivity index (χ0n) is 10.7. The molecular weight excluding hydrogens is 198 g/mol. The van der Waals surface area contributed by atoms with Crippen molar-refractivity contribution in [1.82, 2.24) is 4.90 Å². The molecule has 92 valence electrons. The van der Waals surface area contributed by atoms with Crippen LogP contribution in [0, 0.1) is 5.92 Å². The van der Waals surface area contributed by atoms with Gasteiger partial charge < -0.3 is 10.6 Å². The van der Waals surface area contributed by atoms with Crippen molar-refractivity contribution in [2.75, 3.05) is 6.54 Å². The molecule has 1 saturated carbocycles. The van der Waals surface area contributed by atoms with Crippen molar-refractivity contribution in [3.05, 3.63) is 0 Å². The Morgan fingerprint density at radius 3 is 2.69 bits per heavy atom. The molecule has 1 heterocycles. The van der Waals surface area contributed by atoms with Crippen LogP contribution in [0.15, 0.2) is 4.99 Å². The lowest BCUT2D eigenvalue weighted by atomic mass is 9.83. The van der Waals surface area contributed by atoms with Gasteiger partial charge in [0.15, 0.2) is 5.96 Å². The van der Waals surface area contributed by atoms with Crippen LogP contribution in [0.5, 0.6) is 0 Å². The molecule has 0 aromatic heterocycles. The van der Waals surface area contributed by atoms with Crippen molar-refractivity contribution in [3.63, 3.8) is 0 Å². The van der Waals surface area contributed by atoms with Crippen LogP contribution in [0.4, 0.5) is 0 Å². The highest BCUT2D eigenvalue weighted by atomic mass is 15.3. The summed E-state index contributed by atoms with van der Waals surface area (Å²) in [6.45, 7) is 5.43. The van der Waals surface area contributed by atoms with E-state index in [-0.39, 0.29) is 0 Å². The van der Waals surface area contributed by atoms with Crippen molar-refractivity contribution >= 4 is 5.96 Å². The van der Waals surface area contributed by atoms with Crippen LogP contribution in [0.2, 0.25) is 0 Å². The van der Waals surface area contributed by atoms with Crippen LogP contribution >= 0.6 is 0 Å². The predicted octanol–water partition coefficient (Wildman–Crippen LogP) is 2.36. The first-order chi connectivity index (χ1) is 7.74. The second-order valence-corrected chi connectivity index (χ2v) is 5.33. The minimum atomic E-state index is 0.540. The van der Waals surface area contributed by atoms with Crippen LogP contribution in [0.3, 0.4) is 0 Å². The highest BCUT2D eigenvalue weighted by Gasteiger charge is 2.35. The van der Waals surface area contributed by atoms with E-state index in [0.29, 0.717) is 12.1 Å². The third kappa shape index (κ3) is 2.18. The summed E-state index contributed by atoms with van der Waals surface area (Å²) in [5, 5.41) is 0. The first-order valence-electron chi connectivity index (χ1n) is 6.82. The quantitative estimate of drug-likeness (QED) is 0.798. The maximum atomic E-state index is 6.03. The fourth-order valence-corrected chi connectivity index (χ4v) is 3.17. The SMILES string of the molecule is CCC(C)N1C(N)=NCC1C1CCCCC1. The van der Waals surface area contributed by atoms with Crippen LogP contribution < -0.4 is 5.73 Å². The van der Waals surface area contributed by atoms with Crippen molar-refractivity contribution in [2.24, 2.45) is 16.6 Å². The summed E-state index contributed by atoms with van der Waals surface area (Å²) in [6.07, 6.45) is 8.12. The molecule has 1 fully saturated rings. The van der Waals surface area contributed by atoms with E-state index in [1.54, 1.807) is 0 Å². The maximum Gasteiger partial charge on any atom is 0.191 e. The van der Waals surface area contributed by atoms with Gasteiger partial charge in [-0.1, -0.05) is 26.2 Å². The molecule has 0 amide bonds. The number of hydrogen-bond donors (Lipinski definition) is 1. The molecule has 2 atom stereocenters. The van der Waals surface area contributed by atoms with Crippen molar-refractivity contribution in [2.45, 2.75) is 64.5 Å². The lowest BCUT2D eigenvalue weighted by Gasteiger charge is -2.38. The Balaban J connectivity index is 2.03. The number of hydrogen-bond acceptors (Lipinski definition) is 3. The average molecular weight is 223 g/mol. The molecule has 0 aromatic carbocycles. The Labute approximate surface area is 99.1 Å². The largest absolute Gasteiger partial charge is 0.370 e. The molecular formula is C13H25N3. The summed E-state index contributed by atoms with van der Waals surface area (Å²) in [5.74, 6) is 1.61. The van der Waals surface area contributed by atoms with Crippen LogP contribution in [0.1, 0.15) is 52.4 Å². The van der Waals surface area contributed by atoms with Crippen LogP contribution in [-0.2, 0) is 0 Å². The summed E-state index contributed by atoms with van der Waals surface area (Å²) in [5.41, 5.74) is 6.03. The standard InChI is InChI=1S/C13H25N3/c1-3-10(2)16-12(9-15-13(16)14)11-7-5-4-6-8-11/h10-12H,3-9H2,1-2H3,(H2,14,15). The summed E-state index contributed by atoms with van der Waals surface area (Å²) in [6, 6.07) is 1.13. The molecule has 2 aliphatic rings. The lowest BCUT2D eigenvalue weighted by Crippen LogP contribution is -2.49. The monoisotopic (exact) mass is 223 g/mol. The summed E-state index contributed by atoms with van der Waals surface area (Å²) in [7, 11) is 0. The van der Waals surface area contributed by atoms with E-state index in [2.05, 4.69) is 23.7 Å². The van der Waals surface area contributed by atoms with Gasteiger partial charge in [0.05, 0.1) is 12.6 Å². The van der Waals surface area contributed by atoms with Crippen molar-refractivity contribution < 1.29 is 0 Å². The Kier molecular flexibility index (Phi) is 3.72. The number of aliphatic imine (C=N–C) groups is 1. The summed E-state index contributed by atoms with van der Waals surface area (Å²) in [4.78, 5) is 6.85. The van der Waals surface area contributed by atoms with E-state index in [0.717, 1.165) is 24.8 Å². The second kappa shape index (κ2) is 5.07. The number of guanidine groups is 1. The lowest BCUT2D eigenvalue weighted by molar-refractivity contribution is 0.168. The molecule has 0 saturated heterocycles. The first-order valence-corrected chi connectivity index (χ1v) is 6.82. The van der Waals surface area contributed by atoms with Gasteiger partial charge in [-0.05, 0) is 32.1 Å². The van der Waals surface area contributed by atoms with Gasteiger partial charge in [-0.3, -0.25) is 4.99 Å². The molecule has 2 rings (SSSR count). The zero-order valence-corrected chi connectivity index (χ0v) is 10.7. The molecule has 1 aliphatic carbocycles. The zero-order chi connectivity index (χ0) is 11.5. The number of nitrogens with zero attached hydrogens (tertiary/aromatic N) is 2. The minimum Gasteiger partial charge on any atom is -0.370 e. The molecule has 0 spiro atoms. The minimum absolute atomic E-state index is 0.540. The van der Waals surface area contributed by atoms with Gasteiger partial charge in [-0.25, -0.2) is 0 Å². The molecule has 0 radical (unpaired) electrons. The molecule has 16 heavy (non-hydrogen) atoms. The van der Waals surface area contributed by atoms with Crippen LogP contribution in [0.25, 0.3) is 0 Å². The molecule has 3 nitrogen and oxygen atoms in total. The van der Waals surface area contributed by atoms with Crippen molar-refractivity contribution in [3.8, 4) is 0 Å². The Bertz CT molecular complexity index is 256. The summed E-state index contributed by atoms with van der Waals surface area (Å²) < 4.78 is 0. The molecule has 3 heteroatoms. The van der Waals surface area contributed by atoms with E-state index in [4.69, 9.17) is 5.73 Å². The van der Waals surface area contributed by atoms with Gasteiger partial charge in [0.25, 0.3) is 0 Å². The smallest absolute Gasteiger partial charge is 0.191 e. The molecule has 2 N–H and O–H groups in total. The summed E-state index contributed by atoms with van der Waals surface area (Å²) >= 11 is 0. The highest BCUT2D eigenvalue weighted by molar-refractivity contribution is 5.80. The fourth-order valence-electron chi connectivity index (χ4n) is 3.17. The average Bonchev–Trinajstić information content (AvgIpc) is 2.71. The number of nitrogens with two attached hydrogens (primary N) is 1. The van der Waals surface area contributed by atoms with Gasteiger partial charge in [-0.2, -0.15) is 0 Å². The highest BCUT2D eigenvalue weighted by Crippen LogP contribution is 2.32. The molecule has 2 unspecified atom stereocenters. The van der Waals surface area contributed by atoms with Gasteiger partial charge in [-0.15, -0.1) is 0 Å². The van der Waals surface area contributed by atoms with Crippen molar-refractivity contribution in [1.29, 1.82) is 0 Å². The normalized spacial score (nSPS) is 29.2. The Hall–Kier alpha value is -0.730. The third-order valence-corrected chi connectivity index (χ3v) is 4.32. The molecule has 1 aliphatic heterocycles. The van der Waals surface area contributed by atoms with E-state index in [1.165, 1.54) is 32.1 Å². The topological polar surface area (TPSA) is 41.6 Å². The van der Waals surface area contributed by atoms with Crippen LogP contribution in [-0.4, -0.2) is 29.5 Å². The van der Waals surface area contributed by atoms with E-state index in [9.17, 15) is 0 Å². The molecule has 0 aromatic rings. The molecule has 0 bridgehead atoms.